The predicted molar refractivity (Wildman–Crippen MR) is 53.8 cm³/mol. The molecule has 0 aromatic carbocycles. The molecule has 0 radical (unpaired) electrons. The Morgan fingerprint density at radius 1 is 1.46 bits per heavy atom. The highest BCUT2D eigenvalue weighted by molar-refractivity contribution is 5.82. The second-order valence-corrected chi connectivity index (χ2v) is 3.71. The molecule has 0 aliphatic heterocycles. The van der Waals surface area contributed by atoms with E-state index in [9.17, 15) is 4.79 Å². The van der Waals surface area contributed by atoms with E-state index in [0.29, 0.717) is 12.3 Å². The summed E-state index contributed by atoms with van der Waals surface area (Å²) in [5, 5.41) is 0. The Morgan fingerprint density at radius 2 is 2.08 bits per heavy atom. The average molecular weight is 187 g/mol. The zero-order valence-corrected chi connectivity index (χ0v) is 9.17. The molecule has 0 aromatic rings. The van der Waals surface area contributed by atoms with Crippen molar-refractivity contribution in [3.05, 3.63) is 0 Å². The SMILES string of the molecule is COCCCN(C)CC(=O)C(C)C. The van der Waals surface area contributed by atoms with E-state index < -0.39 is 0 Å². The molecule has 0 aromatic heterocycles. The predicted octanol–water partition coefficient (Wildman–Crippen LogP) is 1.18. The van der Waals surface area contributed by atoms with Crippen molar-refractivity contribution >= 4 is 5.78 Å². The van der Waals surface area contributed by atoms with Gasteiger partial charge in [0, 0.05) is 26.2 Å². The largest absolute Gasteiger partial charge is 0.385 e. The monoisotopic (exact) mass is 187 g/mol. The Balaban J connectivity index is 3.50. The van der Waals surface area contributed by atoms with E-state index in [0.717, 1.165) is 19.6 Å². The van der Waals surface area contributed by atoms with Crippen LogP contribution in [0.15, 0.2) is 0 Å². The van der Waals surface area contributed by atoms with Crippen LogP contribution in [0.4, 0.5) is 0 Å². The topological polar surface area (TPSA) is 29.5 Å². The van der Waals surface area contributed by atoms with Gasteiger partial charge in [-0.25, -0.2) is 0 Å². The number of hydrogen-bond acceptors (Lipinski definition) is 3. The zero-order valence-electron chi connectivity index (χ0n) is 9.17. The van der Waals surface area contributed by atoms with Crippen molar-refractivity contribution < 1.29 is 9.53 Å². The third kappa shape index (κ3) is 6.72. The summed E-state index contributed by atoms with van der Waals surface area (Å²) in [4.78, 5) is 13.4. The van der Waals surface area contributed by atoms with Crippen molar-refractivity contribution in [3.63, 3.8) is 0 Å². The Morgan fingerprint density at radius 3 is 2.54 bits per heavy atom. The molecule has 78 valence electrons. The summed E-state index contributed by atoms with van der Waals surface area (Å²) < 4.78 is 4.93. The summed E-state index contributed by atoms with van der Waals surface area (Å²) in [5.41, 5.74) is 0. The second kappa shape index (κ2) is 7.04. The van der Waals surface area contributed by atoms with Crippen molar-refractivity contribution in [3.8, 4) is 0 Å². The van der Waals surface area contributed by atoms with Gasteiger partial charge < -0.3 is 4.74 Å². The normalized spacial score (nSPS) is 11.2. The fourth-order valence-electron chi connectivity index (χ4n) is 1.01. The number of nitrogens with zero attached hydrogens (tertiary/aromatic N) is 1. The molecule has 0 N–H and O–H groups in total. The maximum atomic E-state index is 11.3. The molecular weight excluding hydrogens is 166 g/mol. The number of ketones is 1. The third-order valence-electron chi connectivity index (χ3n) is 1.96. The maximum absolute atomic E-state index is 11.3. The molecular formula is C10H21NO2. The number of carbonyl (C=O) groups excluding carboxylic acids is 1. The Kier molecular flexibility index (Phi) is 6.82. The number of carbonyl (C=O) groups is 1. The molecule has 0 rings (SSSR count). The van der Waals surface area contributed by atoms with Gasteiger partial charge in [-0.2, -0.15) is 0 Å². The smallest absolute Gasteiger partial charge is 0.149 e. The highest BCUT2D eigenvalue weighted by atomic mass is 16.5. The highest BCUT2D eigenvalue weighted by Crippen LogP contribution is 1.97. The molecule has 0 atom stereocenters. The second-order valence-electron chi connectivity index (χ2n) is 3.71. The molecule has 3 heteroatoms. The van der Waals surface area contributed by atoms with Crippen molar-refractivity contribution in [1.82, 2.24) is 4.90 Å². The van der Waals surface area contributed by atoms with E-state index >= 15 is 0 Å². The van der Waals surface area contributed by atoms with Gasteiger partial charge in [0.1, 0.15) is 5.78 Å². The summed E-state index contributed by atoms with van der Waals surface area (Å²) in [6.07, 6.45) is 0.984. The van der Waals surface area contributed by atoms with E-state index in [2.05, 4.69) is 0 Å². The molecule has 0 aliphatic carbocycles. The van der Waals surface area contributed by atoms with Gasteiger partial charge in [-0.15, -0.1) is 0 Å². The van der Waals surface area contributed by atoms with Crippen LogP contribution >= 0.6 is 0 Å². The Bertz CT molecular complexity index is 146. The lowest BCUT2D eigenvalue weighted by molar-refractivity contribution is -0.122. The quantitative estimate of drug-likeness (QED) is 0.560. The fourth-order valence-corrected chi connectivity index (χ4v) is 1.01. The fraction of sp³-hybridized carbons (Fsp3) is 0.900. The lowest BCUT2D eigenvalue weighted by atomic mass is 10.1. The molecule has 0 heterocycles. The number of rotatable bonds is 7. The van der Waals surface area contributed by atoms with Gasteiger partial charge in [0.2, 0.25) is 0 Å². The third-order valence-corrected chi connectivity index (χ3v) is 1.96. The minimum atomic E-state index is 0.143. The highest BCUT2D eigenvalue weighted by Gasteiger charge is 2.09. The van der Waals surface area contributed by atoms with Crippen LogP contribution in [0.5, 0.6) is 0 Å². The number of hydrogen-bond donors (Lipinski definition) is 0. The van der Waals surface area contributed by atoms with Gasteiger partial charge in [-0.05, 0) is 13.5 Å². The maximum Gasteiger partial charge on any atom is 0.149 e. The van der Waals surface area contributed by atoms with E-state index in [1.807, 2.05) is 25.8 Å². The van der Waals surface area contributed by atoms with Crippen LogP contribution in [0.25, 0.3) is 0 Å². The molecule has 0 aliphatic rings. The molecule has 0 amide bonds. The summed E-state index contributed by atoms with van der Waals surface area (Å²) in [6, 6.07) is 0. The number of likely N-dealkylation sites (N-methyl/N-ethyl adjacent to an activating group) is 1. The zero-order chi connectivity index (χ0) is 10.3. The summed E-state index contributed by atoms with van der Waals surface area (Å²) in [5.74, 6) is 0.449. The summed E-state index contributed by atoms with van der Waals surface area (Å²) in [7, 11) is 3.66. The van der Waals surface area contributed by atoms with Crippen LogP contribution in [0.1, 0.15) is 20.3 Å². The molecule has 0 bridgehead atoms. The van der Waals surface area contributed by atoms with Gasteiger partial charge in [-0.1, -0.05) is 13.8 Å². The van der Waals surface area contributed by atoms with Crippen LogP contribution in [0, 0.1) is 5.92 Å². The van der Waals surface area contributed by atoms with Gasteiger partial charge in [0.05, 0.1) is 6.54 Å². The van der Waals surface area contributed by atoms with E-state index in [1.54, 1.807) is 7.11 Å². The molecule has 0 spiro atoms. The summed E-state index contributed by atoms with van der Waals surface area (Å²) in [6.45, 7) is 6.12. The standard InChI is InChI=1S/C10H21NO2/c1-9(2)10(12)8-11(3)6-5-7-13-4/h9H,5-8H2,1-4H3. The van der Waals surface area contributed by atoms with Crippen LogP contribution in [0.2, 0.25) is 0 Å². The number of Topliss-reactive ketones (excluding diaryl/α,β-unsaturated/α-hetero) is 1. The lowest BCUT2D eigenvalue weighted by Crippen LogP contribution is -2.29. The first kappa shape index (κ1) is 12.6. The number of ether oxygens (including phenoxy) is 1. The first-order chi connectivity index (χ1) is 6.07. The van der Waals surface area contributed by atoms with Crippen molar-refractivity contribution in [2.75, 3.05) is 33.9 Å². The van der Waals surface area contributed by atoms with Gasteiger partial charge >= 0.3 is 0 Å². The van der Waals surface area contributed by atoms with Crippen LogP contribution < -0.4 is 0 Å². The first-order valence-corrected chi connectivity index (χ1v) is 4.78. The van der Waals surface area contributed by atoms with Crippen molar-refractivity contribution in [2.24, 2.45) is 5.92 Å². The molecule has 0 saturated carbocycles. The average Bonchev–Trinajstić information content (AvgIpc) is 2.04. The van der Waals surface area contributed by atoms with E-state index in [4.69, 9.17) is 4.74 Å². The molecule has 0 unspecified atom stereocenters. The van der Waals surface area contributed by atoms with Crippen LogP contribution in [-0.4, -0.2) is 44.5 Å². The summed E-state index contributed by atoms with van der Waals surface area (Å²) >= 11 is 0. The van der Waals surface area contributed by atoms with E-state index in [-0.39, 0.29) is 5.92 Å². The van der Waals surface area contributed by atoms with Gasteiger partial charge in [0.25, 0.3) is 0 Å². The first-order valence-electron chi connectivity index (χ1n) is 4.78. The minimum absolute atomic E-state index is 0.143. The van der Waals surface area contributed by atoms with Crippen LogP contribution in [-0.2, 0) is 9.53 Å². The molecule has 13 heavy (non-hydrogen) atoms. The van der Waals surface area contributed by atoms with Gasteiger partial charge in [0.15, 0.2) is 0 Å². The van der Waals surface area contributed by atoms with Crippen molar-refractivity contribution in [1.29, 1.82) is 0 Å². The minimum Gasteiger partial charge on any atom is -0.385 e. The van der Waals surface area contributed by atoms with Gasteiger partial charge in [-0.3, -0.25) is 9.69 Å². The Hall–Kier alpha value is -0.410. The molecule has 0 saturated heterocycles. The molecule has 0 fully saturated rings. The Labute approximate surface area is 81.1 Å². The lowest BCUT2D eigenvalue weighted by Gasteiger charge is -2.16. The molecule has 3 nitrogen and oxygen atoms in total. The van der Waals surface area contributed by atoms with Crippen LogP contribution in [0.3, 0.4) is 0 Å². The number of methoxy groups -OCH3 is 1. The van der Waals surface area contributed by atoms with E-state index in [1.165, 1.54) is 0 Å². The van der Waals surface area contributed by atoms with Crippen molar-refractivity contribution in [2.45, 2.75) is 20.3 Å².